The third-order valence-corrected chi connectivity index (χ3v) is 5.82. The average molecular weight is 382 g/mol. The Morgan fingerprint density at radius 2 is 1.67 bits per heavy atom. The molecule has 1 unspecified atom stereocenters. The Kier molecular flexibility index (Phi) is 7.25. The summed E-state index contributed by atoms with van der Waals surface area (Å²) >= 11 is 5.65. The average Bonchev–Trinajstić information content (AvgIpc) is 2.73. The largest absolute Gasteiger partial charge is 0.346 e. The van der Waals surface area contributed by atoms with Crippen LogP contribution < -0.4 is 5.32 Å². The fourth-order valence-corrected chi connectivity index (χ4v) is 3.89. The zero-order valence-corrected chi connectivity index (χ0v) is 17.3. The second-order valence-corrected chi connectivity index (χ2v) is 7.73. The summed E-state index contributed by atoms with van der Waals surface area (Å²) in [5, 5.41) is 4.25. The van der Waals surface area contributed by atoms with Crippen molar-refractivity contribution in [2.24, 2.45) is 0 Å². The maximum Gasteiger partial charge on any atom is 0.173 e. The molecule has 3 nitrogen and oxygen atoms in total. The van der Waals surface area contributed by atoms with Crippen molar-refractivity contribution in [1.29, 1.82) is 0 Å². The number of piperazine rings is 1. The molecule has 27 heavy (non-hydrogen) atoms. The van der Waals surface area contributed by atoms with E-state index in [0.29, 0.717) is 6.04 Å². The summed E-state index contributed by atoms with van der Waals surface area (Å²) in [4.78, 5) is 4.82. The summed E-state index contributed by atoms with van der Waals surface area (Å²) in [5.74, 6) is 0. The highest BCUT2D eigenvalue weighted by atomic mass is 32.1. The SMILES string of the molecule is CCCCc1ccc(NC(=S)N2CCN(C(C)c3ccccc3)CC2)cc1. The molecule has 1 aliphatic rings. The van der Waals surface area contributed by atoms with Crippen molar-refractivity contribution in [3.8, 4) is 0 Å². The topological polar surface area (TPSA) is 18.5 Å². The molecule has 0 spiro atoms. The molecule has 0 aliphatic carbocycles. The van der Waals surface area contributed by atoms with Gasteiger partial charge in [-0.05, 0) is 55.2 Å². The molecule has 4 heteroatoms. The van der Waals surface area contributed by atoms with Gasteiger partial charge < -0.3 is 10.2 Å². The number of hydrogen-bond acceptors (Lipinski definition) is 2. The number of unbranched alkanes of at least 4 members (excludes halogenated alkanes) is 1. The first-order valence-electron chi connectivity index (χ1n) is 10.1. The Hall–Kier alpha value is -1.91. The van der Waals surface area contributed by atoms with Gasteiger partial charge in [-0.25, -0.2) is 0 Å². The Morgan fingerprint density at radius 3 is 2.30 bits per heavy atom. The number of anilines is 1. The van der Waals surface area contributed by atoms with E-state index in [2.05, 4.69) is 83.6 Å². The molecule has 0 saturated carbocycles. The Labute approximate surface area is 169 Å². The summed E-state index contributed by atoms with van der Waals surface area (Å²) in [5.41, 5.74) is 3.87. The third-order valence-electron chi connectivity index (χ3n) is 5.46. The maximum absolute atomic E-state index is 5.65. The van der Waals surface area contributed by atoms with Gasteiger partial charge in [0.25, 0.3) is 0 Å². The highest BCUT2D eigenvalue weighted by Gasteiger charge is 2.23. The standard InChI is InChI=1S/C23H31N3S/c1-3-4-8-20-11-13-22(14-12-20)24-23(27)26-17-15-25(16-18-26)19(2)21-9-6-5-7-10-21/h5-7,9-14,19H,3-4,8,15-18H2,1-2H3,(H,24,27). The van der Waals surface area contributed by atoms with Crippen molar-refractivity contribution in [3.05, 3.63) is 65.7 Å². The van der Waals surface area contributed by atoms with Crippen LogP contribution in [0.5, 0.6) is 0 Å². The van der Waals surface area contributed by atoms with Gasteiger partial charge in [-0.3, -0.25) is 4.90 Å². The summed E-state index contributed by atoms with van der Waals surface area (Å²) < 4.78 is 0. The highest BCUT2D eigenvalue weighted by Crippen LogP contribution is 2.21. The minimum Gasteiger partial charge on any atom is -0.346 e. The van der Waals surface area contributed by atoms with Crippen molar-refractivity contribution in [2.75, 3.05) is 31.5 Å². The van der Waals surface area contributed by atoms with Gasteiger partial charge in [-0.1, -0.05) is 55.8 Å². The van der Waals surface area contributed by atoms with Crippen LogP contribution in [0.2, 0.25) is 0 Å². The lowest BCUT2D eigenvalue weighted by molar-refractivity contribution is 0.142. The van der Waals surface area contributed by atoms with Crippen molar-refractivity contribution in [1.82, 2.24) is 9.80 Å². The summed E-state index contributed by atoms with van der Waals surface area (Å²) in [6, 6.07) is 19.9. The van der Waals surface area contributed by atoms with Gasteiger partial charge in [0.1, 0.15) is 0 Å². The third kappa shape index (κ3) is 5.53. The molecule has 0 bridgehead atoms. The Bertz CT molecular complexity index is 706. The molecular weight excluding hydrogens is 350 g/mol. The van der Waals surface area contributed by atoms with Crippen LogP contribution in [0.15, 0.2) is 54.6 Å². The smallest absolute Gasteiger partial charge is 0.173 e. The van der Waals surface area contributed by atoms with Gasteiger partial charge in [0, 0.05) is 37.9 Å². The van der Waals surface area contributed by atoms with Crippen molar-refractivity contribution in [2.45, 2.75) is 39.2 Å². The minimum absolute atomic E-state index is 0.450. The van der Waals surface area contributed by atoms with E-state index < -0.39 is 0 Å². The molecule has 1 atom stereocenters. The van der Waals surface area contributed by atoms with Gasteiger partial charge in [-0.2, -0.15) is 0 Å². The van der Waals surface area contributed by atoms with Crippen molar-refractivity contribution >= 4 is 23.0 Å². The van der Waals surface area contributed by atoms with E-state index in [9.17, 15) is 0 Å². The van der Waals surface area contributed by atoms with Crippen LogP contribution in [-0.2, 0) is 6.42 Å². The lowest BCUT2D eigenvalue weighted by Gasteiger charge is -2.39. The van der Waals surface area contributed by atoms with E-state index in [-0.39, 0.29) is 0 Å². The molecular formula is C23H31N3S. The van der Waals surface area contributed by atoms with Crippen LogP contribution in [0.3, 0.4) is 0 Å². The zero-order valence-electron chi connectivity index (χ0n) is 16.5. The van der Waals surface area contributed by atoms with Gasteiger partial charge in [-0.15, -0.1) is 0 Å². The van der Waals surface area contributed by atoms with E-state index >= 15 is 0 Å². The number of thiocarbonyl (C=S) groups is 1. The van der Waals surface area contributed by atoms with E-state index in [1.807, 2.05) is 0 Å². The van der Waals surface area contributed by atoms with Gasteiger partial charge >= 0.3 is 0 Å². The molecule has 3 rings (SSSR count). The van der Waals surface area contributed by atoms with Crippen LogP contribution in [0.1, 0.15) is 43.9 Å². The second-order valence-electron chi connectivity index (χ2n) is 7.34. The molecule has 1 saturated heterocycles. The van der Waals surface area contributed by atoms with E-state index in [0.717, 1.165) is 43.4 Å². The normalized spacial score (nSPS) is 16.1. The summed E-state index contributed by atoms with van der Waals surface area (Å²) in [7, 11) is 0. The van der Waals surface area contributed by atoms with Gasteiger partial charge in [0.2, 0.25) is 0 Å². The first kappa shape index (κ1) is 19.8. The predicted octanol–water partition coefficient (Wildman–Crippen LogP) is 5.10. The first-order chi connectivity index (χ1) is 13.2. The maximum atomic E-state index is 5.65. The molecule has 1 heterocycles. The van der Waals surface area contributed by atoms with Crippen LogP contribution in [0.4, 0.5) is 5.69 Å². The first-order valence-corrected chi connectivity index (χ1v) is 10.5. The number of nitrogens with one attached hydrogen (secondary N) is 1. The van der Waals surface area contributed by atoms with E-state index in [4.69, 9.17) is 12.2 Å². The quantitative estimate of drug-likeness (QED) is 0.701. The molecule has 0 aromatic heterocycles. The Morgan fingerprint density at radius 1 is 1.00 bits per heavy atom. The molecule has 1 aliphatic heterocycles. The summed E-state index contributed by atoms with van der Waals surface area (Å²) in [6.07, 6.45) is 3.64. The molecule has 2 aromatic rings. The molecule has 1 N–H and O–H groups in total. The molecule has 1 fully saturated rings. The minimum atomic E-state index is 0.450. The number of aryl methyl sites for hydroxylation is 1. The lowest BCUT2D eigenvalue weighted by Crippen LogP contribution is -2.50. The Balaban J connectivity index is 1.48. The molecule has 0 radical (unpaired) electrons. The number of hydrogen-bond donors (Lipinski definition) is 1. The predicted molar refractivity (Wildman–Crippen MR) is 119 cm³/mol. The lowest BCUT2D eigenvalue weighted by atomic mass is 10.1. The fourth-order valence-electron chi connectivity index (χ4n) is 3.59. The van der Waals surface area contributed by atoms with Crippen molar-refractivity contribution in [3.63, 3.8) is 0 Å². The van der Waals surface area contributed by atoms with Gasteiger partial charge in [0.15, 0.2) is 5.11 Å². The monoisotopic (exact) mass is 381 g/mol. The molecule has 2 aromatic carbocycles. The van der Waals surface area contributed by atoms with Crippen LogP contribution in [0.25, 0.3) is 0 Å². The van der Waals surface area contributed by atoms with Crippen LogP contribution >= 0.6 is 12.2 Å². The zero-order chi connectivity index (χ0) is 19.1. The summed E-state index contributed by atoms with van der Waals surface area (Å²) in [6.45, 7) is 8.53. The van der Waals surface area contributed by atoms with E-state index in [1.54, 1.807) is 0 Å². The fraction of sp³-hybridized carbons (Fsp3) is 0.435. The number of benzene rings is 2. The van der Waals surface area contributed by atoms with E-state index in [1.165, 1.54) is 24.0 Å². The van der Waals surface area contributed by atoms with Gasteiger partial charge in [0.05, 0.1) is 0 Å². The molecule has 144 valence electrons. The van der Waals surface area contributed by atoms with Crippen LogP contribution in [0, 0.1) is 0 Å². The molecule has 0 amide bonds. The van der Waals surface area contributed by atoms with Crippen LogP contribution in [-0.4, -0.2) is 41.1 Å². The highest BCUT2D eigenvalue weighted by molar-refractivity contribution is 7.80. The second kappa shape index (κ2) is 9.86. The van der Waals surface area contributed by atoms with Crippen molar-refractivity contribution < 1.29 is 0 Å². The number of nitrogens with zero attached hydrogens (tertiary/aromatic N) is 2. The number of rotatable bonds is 6.